The number of alkyl halides is 3. The van der Waals surface area contributed by atoms with Crippen LogP contribution in [0.15, 0.2) is 41.3 Å². The molecule has 1 saturated carbocycles. The van der Waals surface area contributed by atoms with Gasteiger partial charge in [0.2, 0.25) is 11.7 Å². The van der Waals surface area contributed by atoms with Gasteiger partial charge in [-0.25, -0.2) is 4.98 Å². The standard InChI is InChI=1S/C18H16F3N5O2/c19-18(20,21)17-24-15(25-28-17)11-4-6-14(7-5-11)26-9-13(23-10-26)8-22-16(27)12-2-1-3-12/h4-7,9-10,12H,1-3,8H2,(H,22,27). The fourth-order valence-corrected chi connectivity index (χ4v) is 2.83. The summed E-state index contributed by atoms with van der Waals surface area (Å²) in [5, 5.41) is 6.24. The molecular weight excluding hydrogens is 375 g/mol. The van der Waals surface area contributed by atoms with Gasteiger partial charge in [-0.1, -0.05) is 11.6 Å². The minimum absolute atomic E-state index is 0.0588. The number of benzene rings is 1. The number of carbonyl (C=O) groups is 1. The molecule has 3 aromatic rings. The lowest BCUT2D eigenvalue weighted by atomic mass is 9.85. The highest BCUT2D eigenvalue weighted by atomic mass is 19.4. The van der Waals surface area contributed by atoms with E-state index in [9.17, 15) is 18.0 Å². The van der Waals surface area contributed by atoms with Gasteiger partial charge in [0.1, 0.15) is 0 Å². The fraction of sp³-hybridized carbons (Fsp3) is 0.333. The van der Waals surface area contributed by atoms with Crippen LogP contribution in [-0.4, -0.2) is 25.6 Å². The van der Waals surface area contributed by atoms with E-state index in [0.29, 0.717) is 17.8 Å². The predicted molar refractivity (Wildman–Crippen MR) is 91.0 cm³/mol. The van der Waals surface area contributed by atoms with Crippen molar-refractivity contribution in [2.24, 2.45) is 5.92 Å². The molecule has 0 atom stereocenters. The first-order valence-electron chi connectivity index (χ1n) is 8.72. The zero-order valence-electron chi connectivity index (χ0n) is 14.6. The van der Waals surface area contributed by atoms with Crippen LogP contribution < -0.4 is 5.32 Å². The van der Waals surface area contributed by atoms with Crippen LogP contribution >= 0.6 is 0 Å². The van der Waals surface area contributed by atoms with Gasteiger partial charge in [0, 0.05) is 23.4 Å². The third-order valence-corrected chi connectivity index (χ3v) is 4.65. The van der Waals surface area contributed by atoms with Gasteiger partial charge in [-0.05, 0) is 37.1 Å². The summed E-state index contributed by atoms with van der Waals surface area (Å²) < 4.78 is 43.7. The first-order chi connectivity index (χ1) is 13.4. The lowest BCUT2D eigenvalue weighted by Gasteiger charge is -2.23. The van der Waals surface area contributed by atoms with Crippen LogP contribution in [0.25, 0.3) is 17.1 Å². The second kappa shape index (κ2) is 7.10. The van der Waals surface area contributed by atoms with Crippen molar-refractivity contribution in [3.05, 3.63) is 48.4 Å². The van der Waals surface area contributed by atoms with E-state index in [2.05, 4.69) is 25.0 Å². The van der Waals surface area contributed by atoms with E-state index in [0.717, 1.165) is 24.9 Å². The Morgan fingerprint density at radius 3 is 2.61 bits per heavy atom. The number of amides is 1. The van der Waals surface area contributed by atoms with E-state index >= 15 is 0 Å². The molecule has 1 amide bonds. The van der Waals surface area contributed by atoms with Crippen molar-refractivity contribution in [1.82, 2.24) is 25.0 Å². The molecule has 1 aromatic carbocycles. The monoisotopic (exact) mass is 391 g/mol. The summed E-state index contributed by atoms with van der Waals surface area (Å²) in [7, 11) is 0. The minimum Gasteiger partial charge on any atom is -0.350 e. The molecule has 1 aliphatic rings. The molecule has 0 bridgehead atoms. The number of halogens is 3. The molecule has 0 spiro atoms. The van der Waals surface area contributed by atoms with Crippen LogP contribution in [0.3, 0.4) is 0 Å². The van der Waals surface area contributed by atoms with Gasteiger partial charge < -0.3 is 14.4 Å². The highest BCUT2D eigenvalue weighted by Gasteiger charge is 2.38. The van der Waals surface area contributed by atoms with Crippen LogP contribution in [0.2, 0.25) is 0 Å². The summed E-state index contributed by atoms with van der Waals surface area (Å²) in [6.07, 6.45) is 1.70. The van der Waals surface area contributed by atoms with Crippen molar-refractivity contribution < 1.29 is 22.5 Å². The lowest BCUT2D eigenvalue weighted by Crippen LogP contribution is -2.34. The van der Waals surface area contributed by atoms with E-state index in [4.69, 9.17) is 0 Å². The molecular formula is C18H16F3N5O2. The molecule has 0 saturated heterocycles. The summed E-state index contributed by atoms with van der Waals surface area (Å²) in [4.78, 5) is 19.5. The summed E-state index contributed by atoms with van der Waals surface area (Å²) in [6.45, 7) is 0.351. The number of nitrogens with zero attached hydrogens (tertiary/aromatic N) is 4. The lowest BCUT2D eigenvalue weighted by molar-refractivity contribution is -0.159. The Balaban J connectivity index is 1.42. The number of hydrogen-bond donors (Lipinski definition) is 1. The summed E-state index contributed by atoms with van der Waals surface area (Å²) >= 11 is 0. The quantitative estimate of drug-likeness (QED) is 0.721. The first kappa shape index (κ1) is 18.2. The second-order valence-corrected chi connectivity index (χ2v) is 6.59. The molecule has 146 valence electrons. The number of hydrogen-bond acceptors (Lipinski definition) is 5. The fourth-order valence-electron chi connectivity index (χ4n) is 2.83. The van der Waals surface area contributed by atoms with Crippen molar-refractivity contribution in [2.75, 3.05) is 0 Å². The van der Waals surface area contributed by atoms with Crippen LogP contribution in [0, 0.1) is 5.92 Å². The predicted octanol–water partition coefficient (Wildman–Crippen LogP) is 3.36. The van der Waals surface area contributed by atoms with Gasteiger partial charge in [0.15, 0.2) is 0 Å². The molecule has 10 heteroatoms. The molecule has 2 aromatic heterocycles. The molecule has 0 unspecified atom stereocenters. The van der Waals surface area contributed by atoms with Crippen molar-refractivity contribution in [3.63, 3.8) is 0 Å². The maximum atomic E-state index is 12.6. The second-order valence-electron chi connectivity index (χ2n) is 6.59. The zero-order chi connectivity index (χ0) is 19.7. The van der Waals surface area contributed by atoms with Crippen molar-refractivity contribution in [3.8, 4) is 17.1 Å². The highest BCUT2D eigenvalue weighted by Crippen LogP contribution is 2.29. The largest absolute Gasteiger partial charge is 0.471 e. The maximum absolute atomic E-state index is 12.6. The Labute approximate surface area is 157 Å². The Bertz CT molecular complexity index is 974. The Hall–Kier alpha value is -3.17. The molecule has 4 rings (SSSR count). The van der Waals surface area contributed by atoms with Crippen molar-refractivity contribution in [2.45, 2.75) is 32.0 Å². The third kappa shape index (κ3) is 3.75. The average molecular weight is 391 g/mol. The van der Waals surface area contributed by atoms with Gasteiger partial charge in [-0.15, -0.1) is 0 Å². The van der Waals surface area contributed by atoms with Crippen LogP contribution in [0.4, 0.5) is 13.2 Å². The Morgan fingerprint density at radius 1 is 1.25 bits per heavy atom. The number of imidazole rings is 1. The van der Waals surface area contributed by atoms with Crippen molar-refractivity contribution >= 4 is 5.91 Å². The summed E-state index contributed by atoms with van der Waals surface area (Å²) in [5.74, 6) is -1.33. The van der Waals surface area contributed by atoms with Gasteiger partial charge in [-0.2, -0.15) is 18.2 Å². The van der Waals surface area contributed by atoms with Gasteiger partial charge in [0.25, 0.3) is 0 Å². The maximum Gasteiger partial charge on any atom is 0.471 e. The van der Waals surface area contributed by atoms with Crippen LogP contribution in [0.5, 0.6) is 0 Å². The number of aromatic nitrogens is 4. The van der Waals surface area contributed by atoms with Gasteiger partial charge >= 0.3 is 12.1 Å². The summed E-state index contributed by atoms with van der Waals surface area (Å²) in [6, 6.07) is 6.60. The summed E-state index contributed by atoms with van der Waals surface area (Å²) in [5.41, 5.74) is 1.87. The average Bonchev–Trinajstić information content (AvgIpc) is 3.28. The first-order valence-corrected chi connectivity index (χ1v) is 8.72. The SMILES string of the molecule is O=C(NCc1cn(-c2ccc(-c3noc(C(F)(F)F)n3)cc2)cn1)C1CCC1. The Morgan fingerprint density at radius 2 is 2.00 bits per heavy atom. The molecule has 1 N–H and O–H groups in total. The van der Waals surface area contributed by atoms with E-state index in [-0.39, 0.29) is 17.6 Å². The third-order valence-electron chi connectivity index (χ3n) is 4.65. The number of carbonyl (C=O) groups excluding carboxylic acids is 1. The molecule has 1 fully saturated rings. The van der Waals surface area contributed by atoms with E-state index in [1.54, 1.807) is 41.4 Å². The molecule has 7 nitrogen and oxygen atoms in total. The topological polar surface area (TPSA) is 85.8 Å². The van der Waals surface area contributed by atoms with E-state index in [1.807, 2.05) is 0 Å². The van der Waals surface area contributed by atoms with Crippen LogP contribution in [0.1, 0.15) is 30.8 Å². The van der Waals surface area contributed by atoms with Gasteiger partial charge in [-0.3, -0.25) is 4.79 Å². The minimum atomic E-state index is -4.67. The number of nitrogens with one attached hydrogen (secondary N) is 1. The molecule has 0 radical (unpaired) electrons. The Kier molecular flexibility index (Phi) is 4.62. The highest BCUT2D eigenvalue weighted by molar-refractivity contribution is 5.79. The number of rotatable bonds is 5. The molecule has 1 aliphatic carbocycles. The molecule has 28 heavy (non-hydrogen) atoms. The van der Waals surface area contributed by atoms with Gasteiger partial charge in [0.05, 0.1) is 18.6 Å². The van der Waals surface area contributed by atoms with Crippen molar-refractivity contribution in [1.29, 1.82) is 0 Å². The smallest absolute Gasteiger partial charge is 0.350 e. The zero-order valence-corrected chi connectivity index (χ0v) is 14.6. The normalized spacial score (nSPS) is 14.7. The van der Waals surface area contributed by atoms with E-state index < -0.39 is 12.1 Å². The molecule has 2 heterocycles. The van der Waals surface area contributed by atoms with Crippen LogP contribution in [-0.2, 0) is 17.5 Å². The van der Waals surface area contributed by atoms with E-state index in [1.165, 1.54) is 0 Å². The molecule has 0 aliphatic heterocycles.